The van der Waals surface area contributed by atoms with Gasteiger partial charge in [0.2, 0.25) is 17.4 Å². The molecular weight excluding hydrogens is 1720 g/mol. The van der Waals surface area contributed by atoms with Gasteiger partial charge in [-0.15, -0.1) is 0 Å². The average Bonchev–Trinajstić information content (AvgIpc) is 0.802. The number of rotatable bonds is 22. The Kier molecular flexibility index (Phi) is 44.7. The molecule has 3 aromatic rings. The Morgan fingerprint density at radius 2 is 0.845 bits per heavy atom. The molecule has 3 aliphatic rings. The maximum atomic E-state index is 13.2. The number of benzene rings is 3. The van der Waals surface area contributed by atoms with E-state index in [0.717, 1.165) is 95.9 Å². The van der Waals surface area contributed by atoms with Crippen molar-refractivity contribution in [3.63, 3.8) is 0 Å². The molecule has 0 radical (unpaired) electrons. The van der Waals surface area contributed by atoms with Crippen LogP contribution in [0.4, 0.5) is 0 Å². The standard InChI is InChI=1S/C38H56N2O8.C15H29NO4.C12H14O3.C6H9BO6.C2H5.3HI.Na.V.H/c1-25-15-27(33-29(17-25)23-43-37(9,10)47-33)19-39(21-31(41)45-35(3,4)5)13-14-40(22-32(42)46-36(6,7)8)20-28-16-26(2)18-30-24-44-38(11,12)48-34(28)30;1-14(2,3)19-12(17)9-7-8-10-16-11-13(18)20-15(4,5)6;1-8-4-9(6-13)11-10(5-8)7-14-12(2,3)15-11;1-4(8)11-7(12-5(2)9)13-6(3)10;1-2;;;;;;/h15-18H,13-14,19-24H2,1-12H3;16H,7-11H2,1-6H3;4-6H,7H2,1-3H3;1-3H3;1H2,2H3;3*1H;;;/q;;;;-1;;;;+1;+3;-1/p-3. The zero-order valence-electron chi connectivity index (χ0n) is 66.8. The Bertz CT molecular complexity index is 3060. The minimum absolute atomic E-state index is 0. The Balaban J connectivity index is 0. The van der Waals surface area contributed by atoms with Gasteiger partial charge in [-0.25, -0.2) is 0 Å². The largest absolute Gasteiger partial charge is 1.00 e. The van der Waals surface area contributed by atoms with E-state index in [2.05, 4.69) is 120 Å². The molecule has 24 nitrogen and oxygen atoms in total. The van der Waals surface area contributed by atoms with Gasteiger partial charge in [-0.2, -0.15) is 6.92 Å². The van der Waals surface area contributed by atoms with E-state index in [4.69, 9.17) is 47.4 Å². The van der Waals surface area contributed by atoms with Gasteiger partial charge in [0.05, 0.1) is 45.0 Å². The summed E-state index contributed by atoms with van der Waals surface area (Å²) in [4.78, 5) is 95.3. The van der Waals surface area contributed by atoms with Gasteiger partial charge in [0.25, 0.3) is 17.9 Å². The molecule has 103 heavy (non-hydrogen) atoms. The van der Waals surface area contributed by atoms with Crippen LogP contribution in [0.5, 0.6) is 17.2 Å². The number of ether oxygens (including phenoxy) is 10. The van der Waals surface area contributed by atoms with Gasteiger partial charge in [-0.3, -0.25) is 48.2 Å². The topological polar surface area (TPSA) is 275 Å². The fraction of sp³-hybridized carbons (Fsp3) is 0.630. The fourth-order valence-electron chi connectivity index (χ4n) is 9.61. The Morgan fingerprint density at radius 3 is 1.17 bits per heavy atom. The molecule has 578 valence electrons. The third-order valence-electron chi connectivity index (χ3n) is 13.0. The first-order valence-corrected chi connectivity index (χ1v) is 47.1. The minimum Gasteiger partial charge on any atom is 1.00 e. The number of aldehydes is 1. The van der Waals surface area contributed by atoms with Crippen molar-refractivity contribution in [2.24, 2.45) is 0 Å². The Labute approximate surface area is 674 Å². The molecular formula is C73H114BI3N3NaO21V-. The van der Waals surface area contributed by atoms with Gasteiger partial charge >= 0.3 is 126 Å². The second-order valence-corrected chi connectivity index (χ2v) is 64.7. The molecule has 3 aromatic carbocycles. The van der Waals surface area contributed by atoms with E-state index in [9.17, 15) is 38.4 Å². The molecule has 0 amide bonds. The number of carbonyl (C=O) groups is 8. The third-order valence-corrected chi connectivity index (χ3v) is 13.0. The van der Waals surface area contributed by atoms with Gasteiger partial charge in [0.1, 0.15) is 39.7 Å². The second-order valence-electron chi connectivity index (χ2n) is 29.4. The number of esters is 4. The van der Waals surface area contributed by atoms with Crippen molar-refractivity contribution in [2.45, 2.75) is 265 Å². The molecule has 0 atom stereocenters. The maximum absolute atomic E-state index is 13.2. The van der Waals surface area contributed by atoms with Crippen LogP contribution in [0.25, 0.3) is 0 Å². The first kappa shape index (κ1) is 99.6. The van der Waals surface area contributed by atoms with Crippen molar-refractivity contribution in [3.8, 4) is 17.2 Å². The minimum atomic E-state index is -1.59. The number of aryl methyl sites for hydroxylation is 3. The molecule has 0 saturated carbocycles. The van der Waals surface area contributed by atoms with Gasteiger partial charge < -0.3 is 75.0 Å². The van der Waals surface area contributed by atoms with Gasteiger partial charge in [0, 0.05) is 123 Å². The van der Waals surface area contributed by atoms with Gasteiger partial charge in [-0.05, 0) is 135 Å². The van der Waals surface area contributed by atoms with Crippen LogP contribution in [0.1, 0.15) is 228 Å². The SMILES string of the molecule is CC(=O)OB(OC(C)=O)OC(C)=O.CC(C)(C)OC(=O)CCCCNCC(=O)OC(C)(C)C.Cc1cc(C=O)c2c(c1)COC(C)(C)O2.Cc1cc2c(c(CN(CCN(CC(=O)OC(C)(C)C)Cc3cc(C)cc4c3OC(C)(C)OC4)CC(=O)OC(C)(C)C)c1)OC(C)(C)OC2.[CH2-]C.[H-].[I][V]([I])[I].[Na+]. The van der Waals surface area contributed by atoms with E-state index in [1.54, 1.807) is 6.92 Å². The zero-order valence-corrected chi connectivity index (χ0v) is 75.6. The van der Waals surface area contributed by atoms with Crippen LogP contribution in [-0.2, 0) is 119 Å². The van der Waals surface area contributed by atoms with Crippen molar-refractivity contribution in [3.05, 3.63) is 93.4 Å². The number of carbonyl (C=O) groups excluding carboxylic acids is 8. The summed E-state index contributed by atoms with van der Waals surface area (Å²) in [6.07, 6.45) is 2.80. The molecule has 0 aliphatic carbocycles. The van der Waals surface area contributed by atoms with Gasteiger partial charge in [-0.1, -0.05) is 41.5 Å². The molecule has 0 spiro atoms. The van der Waals surface area contributed by atoms with Gasteiger partial charge in [0.15, 0.2) is 6.29 Å². The number of nitrogens with zero attached hydrogens (tertiary/aromatic N) is 2. The van der Waals surface area contributed by atoms with E-state index in [0.29, 0.717) is 70.3 Å². The Hall–Kier alpha value is -3.38. The first-order chi connectivity index (χ1) is 46.7. The van der Waals surface area contributed by atoms with Crippen LogP contribution in [0.15, 0.2) is 36.4 Å². The predicted octanol–water partition coefficient (Wildman–Crippen LogP) is 11.7. The molecule has 0 bridgehead atoms. The van der Waals surface area contributed by atoms with Crippen LogP contribution in [0, 0.1) is 27.7 Å². The third kappa shape index (κ3) is 45.9. The normalized spacial score (nSPS) is 14.3. The number of hydrogen-bond donors (Lipinski definition) is 1. The summed E-state index contributed by atoms with van der Waals surface area (Å²) in [5, 5.41) is 3.00. The summed E-state index contributed by atoms with van der Waals surface area (Å²) >= 11 is 7.39. The van der Waals surface area contributed by atoms with Crippen molar-refractivity contribution in [1.29, 1.82) is 0 Å². The van der Waals surface area contributed by atoms with Crippen LogP contribution in [0.2, 0.25) is 0 Å². The van der Waals surface area contributed by atoms with Crippen LogP contribution in [0.3, 0.4) is 0 Å². The molecule has 3 aliphatic heterocycles. The van der Waals surface area contributed by atoms with E-state index in [-0.39, 0.29) is 79.4 Å². The molecule has 1 N–H and O–H groups in total. The number of nitrogens with one attached hydrogen (secondary N) is 1. The molecule has 0 aromatic heterocycles. The van der Waals surface area contributed by atoms with E-state index in [1.807, 2.05) is 158 Å². The second kappa shape index (κ2) is 46.2. The number of halogens is 3. The first-order valence-electron chi connectivity index (χ1n) is 33.6. The summed E-state index contributed by atoms with van der Waals surface area (Å²) in [5.74, 6) is -3.20. The summed E-state index contributed by atoms with van der Waals surface area (Å²) in [6, 6.07) is 12.2. The summed E-state index contributed by atoms with van der Waals surface area (Å²) in [5.41, 5.74) is 6.50. The number of fused-ring (bicyclic) bond motifs is 3. The van der Waals surface area contributed by atoms with E-state index in [1.165, 1.54) is 0 Å². The number of hydrogen-bond acceptors (Lipinski definition) is 24. The number of unbranched alkanes of at least 4 members (excludes halogenated alkanes) is 1. The van der Waals surface area contributed by atoms with Crippen molar-refractivity contribution in [2.75, 3.05) is 39.3 Å². The summed E-state index contributed by atoms with van der Waals surface area (Å²) < 4.78 is 70.5. The molecule has 0 unspecified atom stereocenters. The fourth-order valence-corrected chi connectivity index (χ4v) is 9.61. The quantitative estimate of drug-likeness (QED) is 0.0186. The summed E-state index contributed by atoms with van der Waals surface area (Å²) in [7, 11) is -1.59. The molecule has 0 saturated heterocycles. The maximum Gasteiger partial charge on any atom is 1.00 e. The van der Waals surface area contributed by atoms with E-state index < -0.39 is 65.0 Å². The molecule has 30 heteroatoms. The zero-order chi connectivity index (χ0) is 78.5. The van der Waals surface area contributed by atoms with Crippen molar-refractivity contribution < 1.29 is 136 Å². The Morgan fingerprint density at radius 1 is 0.534 bits per heavy atom. The predicted molar refractivity (Wildman–Crippen MR) is 413 cm³/mol. The van der Waals surface area contributed by atoms with Crippen molar-refractivity contribution >= 4 is 115 Å². The van der Waals surface area contributed by atoms with E-state index >= 15 is 0 Å². The van der Waals surface area contributed by atoms with Crippen LogP contribution >= 0.6 is 59.9 Å². The summed E-state index contributed by atoms with van der Waals surface area (Å²) in [6.45, 7) is 52.0. The molecule has 0 fully saturated rings. The van der Waals surface area contributed by atoms with Crippen LogP contribution in [-0.4, -0.2) is 144 Å². The monoisotopic (exact) mass is 1830 g/mol. The molecule has 6 rings (SSSR count). The van der Waals surface area contributed by atoms with Crippen molar-refractivity contribution in [1.82, 2.24) is 15.1 Å². The average molecular weight is 1840 g/mol. The molecule has 3 heterocycles. The van der Waals surface area contributed by atoms with Crippen LogP contribution < -0.4 is 49.1 Å². The smallest absolute Gasteiger partial charge is 1.00 e.